The minimum atomic E-state index is -0.379. The highest BCUT2D eigenvalue weighted by Crippen LogP contribution is 2.31. The first kappa shape index (κ1) is 18.2. The summed E-state index contributed by atoms with van der Waals surface area (Å²) in [5, 5.41) is 4.05. The summed E-state index contributed by atoms with van der Waals surface area (Å²) in [6, 6.07) is 15.6. The molecule has 0 aliphatic carbocycles. The number of nitrogens with zero attached hydrogens (tertiary/aromatic N) is 2. The largest absolute Gasteiger partial charge is 0.325 e. The summed E-state index contributed by atoms with van der Waals surface area (Å²) in [5.41, 5.74) is 4.56. The van der Waals surface area contributed by atoms with E-state index in [2.05, 4.69) is 17.2 Å². The SMILES string of the molecule is CCc1cccc(C)c1NC(=O)C1CC(=O)N(c2cccc3cccnc23)C1. The van der Waals surface area contributed by atoms with Crippen molar-refractivity contribution in [1.29, 1.82) is 0 Å². The van der Waals surface area contributed by atoms with E-state index < -0.39 is 0 Å². The van der Waals surface area contributed by atoms with Crippen LogP contribution in [0.25, 0.3) is 10.9 Å². The number of fused-ring (bicyclic) bond motifs is 1. The molecule has 5 nitrogen and oxygen atoms in total. The topological polar surface area (TPSA) is 62.3 Å². The number of benzene rings is 2. The average Bonchev–Trinajstić information content (AvgIpc) is 3.10. The van der Waals surface area contributed by atoms with Gasteiger partial charge in [-0.3, -0.25) is 14.6 Å². The number of aryl methyl sites for hydroxylation is 2. The molecule has 1 aliphatic heterocycles. The Bertz CT molecular complexity index is 1060. The molecule has 4 rings (SSSR count). The zero-order valence-electron chi connectivity index (χ0n) is 16.1. The number of hydrogen-bond acceptors (Lipinski definition) is 3. The molecule has 5 heteroatoms. The number of aromatic nitrogens is 1. The maximum absolute atomic E-state index is 12.9. The lowest BCUT2D eigenvalue weighted by atomic mass is 10.0. The van der Waals surface area contributed by atoms with Crippen LogP contribution in [0.1, 0.15) is 24.5 Å². The summed E-state index contributed by atoms with van der Waals surface area (Å²) in [7, 11) is 0. The highest BCUT2D eigenvalue weighted by atomic mass is 16.2. The van der Waals surface area contributed by atoms with Crippen molar-refractivity contribution < 1.29 is 9.59 Å². The normalized spacial score (nSPS) is 16.6. The number of carbonyl (C=O) groups excluding carboxylic acids is 2. The third kappa shape index (κ3) is 3.24. The number of anilines is 2. The Morgan fingerprint density at radius 3 is 2.79 bits per heavy atom. The number of carbonyl (C=O) groups is 2. The van der Waals surface area contributed by atoms with E-state index in [1.807, 2.05) is 55.5 Å². The third-order valence-corrected chi connectivity index (χ3v) is 5.39. The molecular weight excluding hydrogens is 350 g/mol. The molecule has 1 fully saturated rings. The number of nitrogens with one attached hydrogen (secondary N) is 1. The summed E-state index contributed by atoms with van der Waals surface area (Å²) < 4.78 is 0. The predicted octanol–water partition coefficient (Wildman–Crippen LogP) is 4.10. The lowest BCUT2D eigenvalue weighted by molar-refractivity contribution is -0.122. The van der Waals surface area contributed by atoms with Crippen LogP contribution in [0, 0.1) is 12.8 Å². The number of rotatable bonds is 4. The van der Waals surface area contributed by atoms with E-state index >= 15 is 0 Å². The fraction of sp³-hybridized carbons (Fsp3) is 0.261. The van der Waals surface area contributed by atoms with Gasteiger partial charge in [-0.2, -0.15) is 0 Å². The molecule has 1 aliphatic rings. The van der Waals surface area contributed by atoms with Gasteiger partial charge in [0.25, 0.3) is 0 Å². The smallest absolute Gasteiger partial charge is 0.229 e. The molecule has 28 heavy (non-hydrogen) atoms. The number of hydrogen-bond donors (Lipinski definition) is 1. The first-order valence-electron chi connectivity index (χ1n) is 9.62. The van der Waals surface area contributed by atoms with Gasteiger partial charge in [0.05, 0.1) is 17.1 Å². The quantitative estimate of drug-likeness (QED) is 0.749. The van der Waals surface area contributed by atoms with Gasteiger partial charge >= 0.3 is 0 Å². The molecular formula is C23H23N3O2. The van der Waals surface area contributed by atoms with Gasteiger partial charge in [0, 0.05) is 30.2 Å². The fourth-order valence-electron chi connectivity index (χ4n) is 3.85. The second kappa shape index (κ2) is 7.43. The molecule has 1 N–H and O–H groups in total. The van der Waals surface area contributed by atoms with Crippen LogP contribution >= 0.6 is 0 Å². The van der Waals surface area contributed by atoms with Crippen LogP contribution in [0.2, 0.25) is 0 Å². The van der Waals surface area contributed by atoms with Crippen molar-refractivity contribution in [3.8, 4) is 0 Å². The monoisotopic (exact) mass is 373 g/mol. The van der Waals surface area contributed by atoms with Crippen molar-refractivity contribution >= 4 is 34.1 Å². The molecule has 1 saturated heterocycles. The zero-order chi connectivity index (χ0) is 19.7. The summed E-state index contributed by atoms with van der Waals surface area (Å²) in [5.74, 6) is -0.525. The number of para-hydroxylation sites is 2. The van der Waals surface area contributed by atoms with Gasteiger partial charge in [0.2, 0.25) is 11.8 Å². The van der Waals surface area contributed by atoms with Crippen molar-refractivity contribution in [2.24, 2.45) is 5.92 Å². The molecule has 2 heterocycles. The summed E-state index contributed by atoms with van der Waals surface area (Å²) in [6.45, 7) is 4.43. The van der Waals surface area contributed by atoms with Crippen LogP contribution in [0.15, 0.2) is 54.7 Å². The lowest BCUT2D eigenvalue weighted by Crippen LogP contribution is -2.28. The Kier molecular flexibility index (Phi) is 4.82. The molecule has 142 valence electrons. The van der Waals surface area contributed by atoms with Crippen LogP contribution < -0.4 is 10.2 Å². The standard InChI is InChI=1S/C23H23N3O2/c1-3-16-8-4-7-15(2)21(16)25-23(28)18-13-20(27)26(14-18)19-11-5-9-17-10-6-12-24-22(17)19/h4-12,18H,3,13-14H2,1-2H3,(H,25,28). The third-order valence-electron chi connectivity index (χ3n) is 5.39. The van der Waals surface area contributed by atoms with Crippen LogP contribution in [-0.4, -0.2) is 23.3 Å². The molecule has 0 bridgehead atoms. The highest BCUT2D eigenvalue weighted by molar-refractivity contribution is 6.07. The van der Waals surface area contributed by atoms with Gasteiger partial charge in [0.1, 0.15) is 0 Å². The zero-order valence-corrected chi connectivity index (χ0v) is 16.1. The molecule has 0 radical (unpaired) electrons. The molecule has 3 aromatic rings. The predicted molar refractivity (Wildman–Crippen MR) is 111 cm³/mol. The summed E-state index contributed by atoms with van der Waals surface area (Å²) >= 11 is 0. The van der Waals surface area contributed by atoms with Gasteiger partial charge < -0.3 is 10.2 Å². The fourth-order valence-corrected chi connectivity index (χ4v) is 3.85. The van der Waals surface area contributed by atoms with Crippen LogP contribution in [0.5, 0.6) is 0 Å². The van der Waals surface area contributed by atoms with Crippen molar-refractivity contribution in [1.82, 2.24) is 4.98 Å². The van der Waals surface area contributed by atoms with E-state index in [0.717, 1.165) is 39.8 Å². The maximum atomic E-state index is 12.9. The molecule has 1 atom stereocenters. The van der Waals surface area contributed by atoms with E-state index in [0.29, 0.717) is 6.54 Å². The van der Waals surface area contributed by atoms with E-state index in [1.54, 1.807) is 11.1 Å². The first-order chi connectivity index (χ1) is 13.6. The number of amides is 2. The molecule has 1 unspecified atom stereocenters. The Morgan fingerprint density at radius 1 is 1.18 bits per heavy atom. The minimum absolute atomic E-state index is 0.0428. The Balaban J connectivity index is 1.58. The number of pyridine rings is 1. The highest BCUT2D eigenvalue weighted by Gasteiger charge is 2.36. The molecule has 2 amide bonds. The van der Waals surface area contributed by atoms with Gasteiger partial charge in [-0.15, -0.1) is 0 Å². The molecule has 0 spiro atoms. The lowest BCUT2D eigenvalue weighted by Gasteiger charge is -2.19. The van der Waals surface area contributed by atoms with Crippen molar-refractivity contribution in [2.75, 3.05) is 16.8 Å². The van der Waals surface area contributed by atoms with Gasteiger partial charge in [-0.05, 0) is 36.6 Å². The van der Waals surface area contributed by atoms with Crippen molar-refractivity contribution in [2.45, 2.75) is 26.7 Å². The van der Waals surface area contributed by atoms with Crippen LogP contribution in [0.4, 0.5) is 11.4 Å². The Morgan fingerprint density at radius 2 is 1.96 bits per heavy atom. The Hall–Kier alpha value is -3.21. The average molecular weight is 373 g/mol. The molecule has 0 saturated carbocycles. The molecule has 1 aromatic heterocycles. The second-order valence-corrected chi connectivity index (χ2v) is 7.21. The Labute approximate surface area is 164 Å². The van der Waals surface area contributed by atoms with E-state index in [4.69, 9.17) is 0 Å². The van der Waals surface area contributed by atoms with E-state index in [9.17, 15) is 9.59 Å². The summed E-state index contributed by atoms with van der Waals surface area (Å²) in [6.07, 6.45) is 2.78. The van der Waals surface area contributed by atoms with Crippen molar-refractivity contribution in [3.05, 3.63) is 65.9 Å². The van der Waals surface area contributed by atoms with Crippen molar-refractivity contribution in [3.63, 3.8) is 0 Å². The summed E-state index contributed by atoms with van der Waals surface area (Å²) in [4.78, 5) is 31.7. The van der Waals surface area contributed by atoms with E-state index in [-0.39, 0.29) is 24.2 Å². The van der Waals surface area contributed by atoms with E-state index in [1.165, 1.54) is 0 Å². The van der Waals surface area contributed by atoms with Gasteiger partial charge in [0.15, 0.2) is 0 Å². The van der Waals surface area contributed by atoms with Gasteiger partial charge in [-0.25, -0.2) is 0 Å². The minimum Gasteiger partial charge on any atom is -0.325 e. The first-order valence-corrected chi connectivity index (χ1v) is 9.62. The van der Waals surface area contributed by atoms with Crippen LogP contribution in [0.3, 0.4) is 0 Å². The maximum Gasteiger partial charge on any atom is 0.229 e. The molecule has 2 aromatic carbocycles. The van der Waals surface area contributed by atoms with Crippen LogP contribution in [-0.2, 0) is 16.0 Å². The second-order valence-electron chi connectivity index (χ2n) is 7.21. The van der Waals surface area contributed by atoms with Gasteiger partial charge in [-0.1, -0.05) is 43.3 Å².